The van der Waals surface area contributed by atoms with Crippen molar-refractivity contribution in [2.24, 2.45) is 0 Å². The largest absolute Gasteiger partial charge is 0.422 e. The summed E-state index contributed by atoms with van der Waals surface area (Å²) in [5, 5.41) is 2.64. The van der Waals surface area contributed by atoms with E-state index in [2.05, 4.69) is 10.3 Å². The zero-order chi connectivity index (χ0) is 17.9. The molecule has 2 N–H and O–H groups in total. The number of esters is 1. The van der Waals surface area contributed by atoms with Crippen molar-refractivity contribution in [3.63, 3.8) is 0 Å². The Morgan fingerprint density at radius 1 is 1.12 bits per heavy atom. The molecule has 1 aromatic carbocycles. The maximum atomic E-state index is 12.4. The van der Waals surface area contributed by atoms with Gasteiger partial charge in [0.25, 0.3) is 0 Å². The second kappa shape index (κ2) is 7.12. The van der Waals surface area contributed by atoms with E-state index in [1.165, 1.54) is 13.8 Å². The molecule has 0 aliphatic carbocycles. The molecule has 0 aliphatic rings. The number of H-pyrrole nitrogens is 1. The minimum absolute atomic E-state index is 0.0840. The van der Waals surface area contributed by atoms with Crippen LogP contribution in [0.1, 0.15) is 52.9 Å². The minimum atomic E-state index is -0.547. The van der Waals surface area contributed by atoms with Crippen LogP contribution in [0.2, 0.25) is 0 Å². The molecule has 0 saturated carbocycles. The lowest BCUT2D eigenvalue weighted by Crippen LogP contribution is -2.12. The van der Waals surface area contributed by atoms with Crippen molar-refractivity contribution in [1.82, 2.24) is 4.98 Å². The van der Waals surface area contributed by atoms with Gasteiger partial charge in [-0.25, -0.2) is 4.79 Å². The Morgan fingerprint density at radius 2 is 1.75 bits per heavy atom. The highest BCUT2D eigenvalue weighted by Gasteiger charge is 2.22. The Labute approximate surface area is 140 Å². The van der Waals surface area contributed by atoms with Gasteiger partial charge in [-0.3, -0.25) is 9.59 Å². The molecule has 0 aliphatic heterocycles. The number of anilines is 1. The monoisotopic (exact) mass is 328 g/mol. The normalized spacial score (nSPS) is 10.3. The van der Waals surface area contributed by atoms with Crippen LogP contribution in [0, 0.1) is 6.92 Å². The second-order valence-electron chi connectivity index (χ2n) is 5.48. The Balaban J connectivity index is 2.22. The van der Waals surface area contributed by atoms with Gasteiger partial charge in [-0.15, -0.1) is 0 Å². The van der Waals surface area contributed by atoms with Gasteiger partial charge in [-0.1, -0.05) is 6.92 Å². The highest BCUT2D eigenvalue weighted by atomic mass is 16.5. The molecular formula is C18H20N2O4. The number of carbonyl (C=O) groups is 3. The van der Waals surface area contributed by atoms with Gasteiger partial charge in [0.1, 0.15) is 11.4 Å². The number of aryl methyl sites for hydroxylation is 1. The summed E-state index contributed by atoms with van der Waals surface area (Å²) in [5.41, 5.74) is 2.79. The number of aromatic amines is 1. The first-order valence-electron chi connectivity index (χ1n) is 7.65. The van der Waals surface area contributed by atoms with Gasteiger partial charge in [0.2, 0.25) is 5.91 Å². The molecule has 1 amide bonds. The van der Waals surface area contributed by atoms with Crippen LogP contribution in [0.3, 0.4) is 0 Å². The van der Waals surface area contributed by atoms with Crippen LogP contribution in [-0.2, 0) is 11.2 Å². The van der Waals surface area contributed by atoms with Crippen LogP contribution in [0.15, 0.2) is 24.3 Å². The summed E-state index contributed by atoms with van der Waals surface area (Å²) < 4.78 is 5.36. The highest BCUT2D eigenvalue weighted by molar-refractivity contribution is 6.01. The molecule has 24 heavy (non-hydrogen) atoms. The van der Waals surface area contributed by atoms with Crippen LogP contribution >= 0.6 is 0 Å². The van der Waals surface area contributed by atoms with Crippen molar-refractivity contribution in [3.8, 4) is 5.75 Å². The van der Waals surface area contributed by atoms with Crippen LogP contribution in [-0.4, -0.2) is 22.6 Å². The van der Waals surface area contributed by atoms with E-state index in [1.807, 2.05) is 6.92 Å². The molecule has 126 valence electrons. The summed E-state index contributed by atoms with van der Waals surface area (Å²) in [6.45, 7) is 6.54. The molecule has 0 atom stereocenters. The number of amides is 1. The van der Waals surface area contributed by atoms with E-state index in [0.29, 0.717) is 40.4 Å². The number of Topliss-reactive ketones (excluding diaryl/α,β-unsaturated/α-hetero) is 1. The fourth-order valence-corrected chi connectivity index (χ4v) is 2.65. The molecular weight excluding hydrogens is 308 g/mol. The minimum Gasteiger partial charge on any atom is -0.422 e. The molecule has 2 rings (SSSR count). The lowest BCUT2D eigenvalue weighted by Gasteiger charge is -2.07. The zero-order valence-electron chi connectivity index (χ0n) is 14.1. The Bertz CT molecular complexity index is 788. The molecule has 6 heteroatoms. The van der Waals surface area contributed by atoms with Crippen molar-refractivity contribution in [1.29, 1.82) is 0 Å². The number of ketones is 1. The number of benzene rings is 1. The summed E-state index contributed by atoms with van der Waals surface area (Å²) in [7, 11) is 0. The second-order valence-corrected chi connectivity index (χ2v) is 5.48. The molecule has 0 unspecified atom stereocenters. The van der Waals surface area contributed by atoms with Gasteiger partial charge in [0.15, 0.2) is 5.78 Å². The molecule has 0 fully saturated rings. The Morgan fingerprint density at radius 3 is 2.25 bits per heavy atom. The first-order chi connectivity index (χ1) is 11.3. The topological polar surface area (TPSA) is 88.3 Å². The highest BCUT2D eigenvalue weighted by Crippen LogP contribution is 2.23. The maximum Gasteiger partial charge on any atom is 0.360 e. The quantitative estimate of drug-likeness (QED) is 0.501. The molecule has 6 nitrogen and oxygen atoms in total. The maximum absolute atomic E-state index is 12.4. The lowest BCUT2D eigenvalue weighted by molar-refractivity contribution is -0.114. The number of rotatable bonds is 5. The van der Waals surface area contributed by atoms with Gasteiger partial charge in [-0.2, -0.15) is 0 Å². The van der Waals surface area contributed by atoms with E-state index in [9.17, 15) is 14.4 Å². The van der Waals surface area contributed by atoms with Gasteiger partial charge < -0.3 is 15.0 Å². The van der Waals surface area contributed by atoms with E-state index in [4.69, 9.17) is 4.74 Å². The predicted molar refractivity (Wildman–Crippen MR) is 90.6 cm³/mol. The molecule has 1 aromatic heterocycles. The number of ether oxygens (including phenoxy) is 1. The van der Waals surface area contributed by atoms with Crippen LogP contribution < -0.4 is 10.1 Å². The van der Waals surface area contributed by atoms with Crippen molar-refractivity contribution in [3.05, 3.63) is 46.8 Å². The zero-order valence-corrected chi connectivity index (χ0v) is 14.1. The third-order valence-electron chi connectivity index (χ3n) is 3.59. The van der Waals surface area contributed by atoms with E-state index in [-0.39, 0.29) is 11.7 Å². The Hall–Kier alpha value is -2.89. The van der Waals surface area contributed by atoms with E-state index in [1.54, 1.807) is 31.2 Å². The molecule has 0 saturated heterocycles. The fourth-order valence-electron chi connectivity index (χ4n) is 2.65. The third kappa shape index (κ3) is 3.71. The average molecular weight is 328 g/mol. The average Bonchev–Trinajstić information content (AvgIpc) is 2.85. The lowest BCUT2D eigenvalue weighted by atomic mass is 10.0. The SMILES string of the molecule is CCc1c(C(=O)Oc2ccc(NC(C)=O)cc2)[nH]c(C)c1C(C)=O. The number of aromatic nitrogens is 1. The van der Waals surface area contributed by atoms with E-state index >= 15 is 0 Å². The standard InChI is InChI=1S/C18H20N2O4/c1-5-15-16(11(3)21)10(2)19-17(15)18(23)24-14-8-6-13(7-9-14)20-12(4)22/h6-9,19H,5H2,1-4H3,(H,20,22). The van der Waals surface area contributed by atoms with Crippen LogP contribution in [0.4, 0.5) is 5.69 Å². The van der Waals surface area contributed by atoms with E-state index in [0.717, 1.165) is 0 Å². The van der Waals surface area contributed by atoms with Crippen molar-refractivity contribution in [2.75, 3.05) is 5.32 Å². The van der Waals surface area contributed by atoms with Crippen LogP contribution in [0.5, 0.6) is 5.75 Å². The molecule has 0 bridgehead atoms. The van der Waals surface area contributed by atoms with Crippen molar-refractivity contribution in [2.45, 2.75) is 34.1 Å². The summed E-state index contributed by atoms with van der Waals surface area (Å²) in [4.78, 5) is 38.1. The summed E-state index contributed by atoms with van der Waals surface area (Å²) in [5.74, 6) is -0.451. The van der Waals surface area contributed by atoms with Crippen molar-refractivity contribution >= 4 is 23.3 Å². The molecule has 2 aromatic rings. The molecule has 0 radical (unpaired) electrons. The number of nitrogens with one attached hydrogen (secondary N) is 2. The fraction of sp³-hybridized carbons (Fsp3) is 0.278. The summed E-state index contributed by atoms with van der Waals surface area (Å²) >= 11 is 0. The van der Waals surface area contributed by atoms with Gasteiger partial charge in [0, 0.05) is 23.9 Å². The van der Waals surface area contributed by atoms with Gasteiger partial charge >= 0.3 is 5.97 Å². The summed E-state index contributed by atoms with van der Waals surface area (Å²) in [6, 6.07) is 6.48. The third-order valence-corrected chi connectivity index (χ3v) is 3.59. The van der Waals surface area contributed by atoms with Gasteiger partial charge in [0.05, 0.1) is 0 Å². The smallest absolute Gasteiger partial charge is 0.360 e. The first kappa shape index (κ1) is 17.5. The first-order valence-corrected chi connectivity index (χ1v) is 7.65. The summed E-state index contributed by atoms with van der Waals surface area (Å²) in [6.07, 6.45) is 0.547. The van der Waals surface area contributed by atoms with Gasteiger partial charge in [-0.05, 0) is 50.1 Å². The molecule has 0 spiro atoms. The van der Waals surface area contributed by atoms with Crippen molar-refractivity contribution < 1.29 is 19.1 Å². The van der Waals surface area contributed by atoms with Crippen LogP contribution in [0.25, 0.3) is 0 Å². The molecule has 1 heterocycles. The number of hydrogen-bond acceptors (Lipinski definition) is 4. The number of carbonyl (C=O) groups excluding carboxylic acids is 3. The Kier molecular flexibility index (Phi) is 5.18. The predicted octanol–water partition coefficient (Wildman–Crippen LogP) is 3.27. The van der Waals surface area contributed by atoms with E-state index < -0.39 is 5.97 Å². The number of hydrogen-bond donors (Lipinski definition) is 2.